The van der Waals surface area contributed by atoms with Crippen molar-refractivity contribution in [1.29, 1.82) is 0 Å². The minimum absolute atomic E-state index is 0.560. The van der Waals surface area contributed by atoms with Crippen LogP contribution in [0.4, 0.5) is 0 Å². The number of aromatic nitrogens is 2. The van der Waals surface area contributed by atoms with E-state index in [0.717, 1.165) is 17.9 Å². The molecule has 0 aliphatic carbocycles. The van der Waals surface area contributed by atoms with Crippen LogP contribution in [-0.2, 0) is 17.8 Å². The Labute approximate surface area is 103 Å². The molecule has 1 aromatic heterocycles. The molecule has 17 heavy (non-hydrogen) atoms. The Kier molecular flexibility index (Phi) is 4.32. The average molecular weight is 238 g/mol. The van der Waals surface area contributed by atoms with Gasteiger partial charge in [-0.15, -0.1) is 0 Å². The second-order valence-electron chi connectivity index (χ2n) is 4.56. The third-order valence-electron chi connectivity index (χ3n) is 3.61. The summed E-state index contributed by atoms with van der Waals surface area (Å²) in [7, 11) is 0. The summed E-state index contributed by atoms with van der Waals surface area (Å²) in [4.78, 5) is 11.5. The van der Waals surface area contributed by atoms with E-state index in [1.807, 2.05) is 38.4 Å². The van der Waals surface area contributed by atoms with Gasteiger partial charge in [0, 0.05) is 18.7 Å². The van der Waals surface area contributed by atoms with Crippen molar-refractivity contribution in [3.05, 3.63) is 17.5 Å². The Bertz CT molecular complexity index is 392. The first-order chi connectivity index (χ1) is 7.99. The molecule has 0 aliphatic rings. The van der Waals surface area contributed by atoms with Crippen LogP contribution < -0.4 is 0 Å². The topological polar surface area (TPSA) is 55.1 Å². The standard InChI is InChI=1S/C13H22N2O2/c1-5-13(6-2,12(16)17)9-11-8-10(4)14-15(11)7-3/h8H,5-7,9H2,1-4H3,(H,16,17). The number of carbonyl (C=O) groups is 1. The number of nitrogens with zero attached hydrogens (tertiary/aromatic N) is 2. The Morgan fingerprint density at radius 1 is 1.41 bits per heavy atom. The lowest BCUT2D eigenvalue weighted by atomic mass is 9.78. The summed E-state index contributed by atoms with van der Waals surface area (Å²) >= 11 is 0. The molecular formula is C13H22N2O2. The van der Waals surface area contributed by atoms with E-state index < -0.39 is 11.4 Å². The van der Waals surface area contributed by atoms with Gasteiger partial charge in [0.2, 0.25) is 0 Å². The molecule has 0 amide bonds. The van der Waals surface area contributed by atoms with Crippen LogP contribution in [0.25, 0.3) is 0 Å². The minimum atomic E-state index is -0.705. The Hall–Kier alpha value is -1.32. The lowest BCUT2D eigenvalue weighted by Gasteiger charge is -2.26. The van der Waals surface area contributed by atoms with Gasteiger partial charge >= 0.3 is 5.97 Å². The molecule has 0 atom stereocenters. The molecule has 1 N–H and O–H groups in total. The second kappa shape index (κ2) is 5.34. The SMILES string of the molecule is CCn1nc(C)cc1CC(CC)(CC)C(=O)O. The van der Waals surface area contributed by atoms with Crippen LogP contribution in [0.15, 0.2) is 6.07 Å². The zero-order valence-electron chi connectivity index (χ0n) is 11.2. The fourth-order valence-electron chi connectivity index (χ4n) is 2.24. The molecule has 0 fully saturated rings. The van der Waals surface area contributed by atoms with Crippen LogP contribution in [-0.4, -0.2) is 20.9 Å². The predicted molar refractivity (Wildman–Crippen MR) is 67.0 cm³/mol. The van der Waals surface area contributed by atoms with Crippen LogP contribution in [0.2, 0.25) is 0 Å². The van der Waals surface area contributed by atoms with Gasteiger partial charge in [0.15, 0.2) is 0 Å². The number of carboxylic acid groups (broad SMARTS) is 1. The fraction of sp³-hybridized carbons (Fsp3) is 0.692. The first-order valence-electron chi connectivity index (χ1n) is 6.25. The number of carboxylic acids is 1. The van der Waals surface area contributed by atoms with E-state index in [4.69, 9.17) is 0 Å². The van der Waals surface area contributed by atoms with E-state index in [-0.39, 0.29) is 0 Å². The number of hydrogen-bond donors (Lipinski definition) is 1. The molecule has 0 radical (unpaired) electrons. The highest BCUT2D eigenvalue weighted by Gasteiger charge is 2.35. The van der Waals surface area contributed by atoms with Gasteiger partial charge in [0.1, 0.15) is 0 Å². The summed E-state index contributed by atoms with van der Waals surface area (Å²) in [6, 6.07) is 1.99. The molecule has 0 bridgehead atoms. The average Bonchev–Trinajstić information content (AvgIpc) is 2.65. The normalized spacial score (nSPS) is 11.8. The van der Waals surface area contributed by atoms with Crippen LogP contribution in [0.5, 0.6) is 0 Å². The Morgan fingerprint density at radius 3 is 2.41 bits per heavy atom. The third kappa shape index (κ3) is 2.68. The van der Waals surface area contributed by atoms with Crippen molar-refractivity contribution in [3.63, 3.8) is 0 Å². The third-order valence-corrected chi connectivity index (χ3v) is 3.61. The molecule has 1 rings (SSSR count). The molecule has 4 heteroatoms. The molecule has 4 nitrogen and oxygen atoms in total. The minimum Gasteiger partial charge on any atom is -0.481 e. The molecule has 0 saturated heterocycles. The molecule has 0 spiro atoms. The van der Waals surface area contributed by atoms with Crippen molar-refractivity contribution in [2.24, 2.45) is 5.41 Å². The van der Waals surface area contributed by atoms with Gasteiger partial charge in [0.25, 0.3) is 0 Å². The second-order valence-corrected chi connectivity index (χ2v) is 4.56. The first-order valence-corrected chi connectivity index (χ1v) is 6.25. The van der Waals surface area contributed by atoms with Crippen molar-refractivity contribution in [2.75, 3.05) is 0 Å². The zero-order chi connectivity index (χ0) is 13.1. The van der Waals surface area contributed by atoms with Crippen molar-refractivity contribution in [3.8, 4) is 0 Å². The maximum atomic E-state index is 11.5. The van der Waals surface area contributed by atoms with E-state index in [2.05, 4.69) is 5.10 Å². The number of rotatable bonds is 6. The molecule has 0 aliphatic heterocycles. The monoisotopic (exact) mass is 238 g/mol. The van der Waals surface area contributed by atoms with Crippen LogP contribution in [0.1, 0.15) is 45.0 Å². The van der Waals surface area contributed by atoms with Gasteiger partial charge in [-0.2, -0.15) is 5.10 Å². The molecule has 1 aromatic rings. The highest BCUT2D eigenvalue weighted by molar-refractivity contribution is 5.74. The van der Waals surface area contributed by atoms with Crippen molar-refractivity contribution in [2.45, 2.75) is 53.5 Å². The van der Waals surface area contributed by atoms with Crippen molar-refractivity contribution >= 4 is 5.97 Å². The van der Waals surface area contributed by atoms with Crippen molar-refractivity contribution < 1.29 is 9.90 Å². The van der Waals surface area contributed by atoms with Gasteiger partial charge < -0.3 is 5.11 Å². The first kappa shape index (κ1) is 13.7. The van der Waals surface area contributed by atoms with Crippen LogP contribution in [0.3, 0.4) is 0 Å². The van der Waals surface area contributed by atoms with Crippen LogP contribution in [0, 0.1) is 12.3 Å². The molecular weight excluding hydrogens is 216 g/mol. The summed E-state index contributed by atoms with van der Waals surface area (Å²) in [5.74, 6) is -0.705. The Balaban J connectivity index is 3.04. The van der Waals surface area contributed by atoms with Gasteiger partial charge in [-0.1, -0.05) is 13.8 Å². The molecule has 1 heterocycles. The van der Waals surface area contributed by atoms with E-state index in [1.54, 1.807) is 0 Å². The Morgan fingerprint density at radius 2 is 2.00 bits per heavy atom. The number of aliphatic carboxylic acids is 1. The van der Waals surface area contributed by atoms with Gasteiger partial charge in [-0.05, 0) is 32.8 Å². The fourth-order valence-corrected chi connectivity index (χ4v) is 2.24. The van der Waals surface area contributed by atoms with E-state index >= 15 is 0 Å². The molecule has 0 unspecified atom stereocenters. The summed E-state index contributed by atoms with van der Waals surface area (Å²) in [6.45, 7) is 8.63. The summed E-state index contributed by atoms with van der Waals surface area (Å²) in [5.41, 5.74) is 1.32. The maximum absolute atomic E-state index is 11.5. The summed E-state index contributed by atoms with van der Waals surface area (Å²) < 4.78 is 1.90. The molecule has 0 aromatic carbocycles. The largest absolute Gasteiger partial charge is 0.481 e. The lowest BCUT2D eigenvalue weighted by molar-refractivity contribution is -0.149. The highest BCUT2D eigenvalue weighted by atomic mass is 16.4. The predicted octanol–water partition coefficient (Wildman–Crippen LogP) is 2.64. The van der Waals surface area contributed by atoms with E-state index in [9.17, 15) is 9.90 Å². The van der Waals surface area contributed by atoms with Gasteiger partial charge in [-0.25, -0.2) is 0 Å². The number of aryl methyl sites for hydroxylation is 2. The van der Waals surface area contributed by atoms with E-state index in [1.165, 1.54) is 0 Å². The highest BCUT2D eigenvalue weighted by Crippen LogP contribution is 2.31. The quantitative estimate of drug-likeness (QED) is 0.829. The van der Waals surface area contributed by atoms with Gasteiger partial charge in [0.05, 0.1) is 11.1 Å². The lowest BCUT2D eigenvalue weighted by Crippen LogP contribution is -2.33. The maximum Gasteiger partial charge on any atom is 0.310 e. The van der Waals surface area contributed by atoms with Crippen LogP contribution >= 0.6 is 0 Å². The molecule has 0 saturated carbocycles. The summed E-state index contributed by atoms with van der Waals surface area (Å²) in [6.07, 6.45) is 1.85. The number of hydrogen-bond acceptors (Lipinski definition) is 2. The smallest absolute Gasteiger partial charge is 0.310 e. The van der Waals surface area contributed by atoms with E-state index in [0.29, 0.717) is 19.3 Å². The van der Waals surface area contributed by atoms with Gasteiger partial charge in [-0.3, -0.25) is 9.48 Å². The molecule has 96 valence electrons. The van der Waals surface area contributed by atoms with Crippen molar-refractivity contribution in [1.82, 2.24) is 9.78 Å². The zero-order valence-corrected chi connectivity index (χ0v) is 11.2. The summed E-state index contributed by atoms with van der Waals surface area (Å²) in [5, 5.41) is 13.8.